The highest BCUT2D eigenvalue weighted by atomic mass is 16.5. The van der Waals surface area contributed by atoms with E-state index in [1.54, 1.807) is 14.2 Å². The summed E-state index contributed by atoms with van der Waals surface area (Å²) in [5.41, 5.74) is 1.17. The van der Waals surface area contributed by atoms with E-state index in [2.05, 4.69) is 18.3 Å². The zero-order valence-corrected chi connectivity index (χ0v) is 13.1. The van der Waals surface area contributed by atoms with E-state index in [9.17, 15) is 0 Å². The molecule has 2 aliphatic rings. The Morgan fingerprint density at radius 1 is 1.29 bits per heavy atom. The van der Waals surface area contributed by atoms with Gasteiger partial charge in [0.2, 0.25) is 0 Å². The van der Waals surface area contributed by atoms with Crippen LogP contribution in [0.25, 0.3) is 0 Å². The van der Waals surface area contributed by atoms with Crippen molar-refractivity contribution in [1.82, 2.24) is 5.32 Å². The van der Waals surface area contributed by atoms with E-state index in [1.165, 1.54) is 5.56 Å². The summed E-state index contributed by atoms with van der Waals surface area (Å²) in [4.78, 5) is 0. The molecule has 0 saturated heterocycles. The first-order chi connectivity index (χ1) is 10.2. The molecule has 0 bridgehead atoms. The SMILES string of the molecule is CCCNC1CC2(CC(OC)C2)Oc2ccc(OC)cc21. The van der Waals surface area contributed by atoms with Crippen molar-refractivity contribution in [1.29, 1.82) is 0 Å². The maximum atomic E-state index is 6.32. The van der Waals surface area contributed by atoms with Gasteiger partial charge >= 0.3 is 0 Å². The molecule has 3 rings (SSSR count). The predicted molar refractivity (Wildman–Crippen MR) is 82.0 cm³/mol. The zero-order valence-electron chi connectivity index (χ0n) is 13.1. The Kier molecular flexibility index (Phi) is 4.09. The van der Waals surface area contributed by atoms with Gasteiger partial charge in [-0.25, -0.2) is 0 Å². The highest BCUT2D eigenvalue weighted by Crippen LogP contribution is 2.50. The number of benzene rings is 1. The smallest absolute Gasteiger partial charge is 0.125 e. The van der Waals surface area contributed by atoms with Gasteiger partial charge in [0.1, 0.15) is 17.1 Å². The first-order valence-corrected chi connectivity index (χ1v) is 7.83. The molecule has 1 heterocycles. The number of methoxy groups -OCH3 is 2. The molecule has 1 atom stereocenters. The molecule has 21 heavy (non-hydrogen) atoms. The second-order valence-electron chi connectivity index (χ2n) is 6.17. The van der Waals surface area contributed by atoms with Crippen molar-refractivity contribution in [3.8, 4) is 11.5 Å². The molecule has 1 spiro atoms. The molecule has 1 N–H and O–H groups in total. The van der Waals surface area contributed by atoms with Gasteiger partial charge in [-0.15, -0.1) is 0 Å². The monoisotopic (exact) mass is 291 g/mol. The molecule has 4 heteroatoms. The average Bonchev–Trinajstić information content (AvgIpc) is 2.49. The van der Waals surface area contributed by atoms with Crippen LogP contribution < -0.4 is 14.8 Å². The van der Waals surface area contributed by atoms with Crippen molar-refractivity contribution >= 4 is 0 Å². The van der Waals surface area contributed by atoms with Crippen molar-refractivity contribution in [2.75, 3.05) is 20.8 Å². The number of ether oxygens (including phenoxy) is 3. The summed E-state index contributed by atoms with van der Waals surface area (Å²) in [6, 6.07) is 6.44. The summed E-state index contributed by atoms with van der Waals surface area (Å²) in [6.07, 6.45) is 4.45. The van der Waals surface area contributed by atoms with E-state index < -0.39 is 0 Å². The van der Waals surface area contributed by atoms with Crippen molar-refractivity contribution in [3.63, 3.8) is 0 Å². The summed E-state index contributed by atoms with van der Waals surface area (Å²) in [5.74, 6) is 1.88. The van der Waals surface area contributed by atoms with Crippen LogP contribution in [0, 0.1) is 0 Å². The molecule has 1 fully saturated rings. The Morgan fingerprint density at radius 3 is 2.76 bits per heavy atom. The van der Waals surface area contributed by atoms with Gasteiger partial charge in [0, 0.05) is 38.0 Å². The van der Waals surface area contributed by atoms with Crippen LogP contribution in [0.3, 0.4) is 0 Å². The van der Waals surface area contributed by atoms with Crippen molar-refractivity contribution < 1.29 is 14.2 Å². The molecule has 116 valence electrons. The minimum atomic E-state index is -0.0479. The lowest BCUT2D eigenvalue weighted by Gasteiger charge is -2.51. The topological polar surface area (TPSA) is 39.7 Å². The third kappa shape index (κ3) is 2.74. The summed E-state index contributed by atoms with van der Waals surface area (Å²) in [7, 11) is 3.49. The quantitative estimate of drug-likeness (QED) is 0.905. The van der Waals surface area contributed by atoms with Gasteiger partial charge in [-0.2, -0.15) is 0 Å². The summed E-state index contributed by atoms with van der Waals surface area (Å²) in [6.45, 7) is 3.21. The van der Waals surface area contributed by atoms with Gasteiger partial charge in [-0.1, -0.05) is 6.92 Å². The largest absolute Gasteiger partial charge is 0.497 e. The fourth-order valence-electron chi connectivity index (χ4n) is 3.46. The number of hydrogen-bond donors (Lipinski definition) is 1. The number of hydrogen-bond acceptors (Lipinski definition) is 4. The average molecular weight is 291 g/mol. The molecule has 0 aromatic heterocycles. The second-order valence-corrected chi connectivity index (χ2v) is 6.17. The van der Waals surface area contributed by atoms with Crippen LogP contribution in [-0.2, 0) is 4.74 Å². The standard InChI is InChI=1S/C17H25NO3/c1-4-7-18-15-11-17(9-13(10-17)20-3)21-16-6-5-12(19-2)8-14(15)16/h5-6,8,13,15,18H,4,7,9-11H2,1-3H3. The van der Waals surface area contributed by atoms with Crippen molar-refractivity contribution in [3.05, 3.63) is 23.8 Å². The summed E-state index contributed by atoms with van der Waals surface area (Å²) in [5, 5.41) is 3.66. The summed E-state index contributed by atoms with van der Waals surface area (Å²) >= 11 is 0. The van der Waals surface area contributed by atoms with Crippen LogP contribution in [-0.4, -0.2) is 32.5 Å². The molecule has 0 amide bonds. The molecular formula is C17H25NO3. The molecular weight excluding hydrogens is 266 g/mol. The highest BCUT2D eigenvalue weighted by molar-refractivity contribution is 5.45. The Morgan fingerprint density at radius 2 is 2.10 bits per heavy atom. The lowest BCUT2D eigenvalue weighted by molar-refractivity contribution is -0.126. The predicted octanol–water partition coefficient (Wildman–Crippen LogP) is 3.07. The lowest BCUT2D eigenvalue weighted by Crippen LogP contribution is -2.56. The maximum absolute atomic E-state index is 6.32. The first-order valence-electron chi connectivity index (χ1n) is 7.83. The minimum absolute atomic E-state index is 0.0479. The molecule has 4 nitrogen and oxygen atoms in total. The van der Waals surface area contributed by atoms with Crippen LogP contribution in [0.1, 0.15) is 44.2 Å². The van der Waals surface area contributed by atoms with Gasteiger partial charge in [-0.05, 0) is 31.2 Å². The van der Waals surface area contributed by atoms with Gasteiger partial charge in [0.15, 0.2) is 0 Å². The molecule has 1 unspecified atom stereocenters. The third-order valence-corrected chi connectivity index (χ3v) is 4.67. The molecule has 0 radical (unpaired) electrons. The Labute approximate surface area is 126 Å². The van der Waals surface area contributed by atoms with Crippen LogP contribution >= 0.6 is 0 Å². The first kappa shape index (κ1) is 14.7. The Bertz CT molecular complexity index is 497. The minimum Gasteiger partial charge on any atom is -0.497 e. The molecule has 1 aliphatic carbocycles. The molecule has 1 aliphatic heterocycles. The number of nitrogens with one attached hydrogen (secondary N) is 1. The number of fused-ring (bicyclic) bond motifs is 1. The molecule has 1 aromatic carbocycles. The van der Waals surface area contributed by atoms with Crippen LogP contribution in [0.15, 0.2) is 18.2 Å². The normalized spacial score (nSPS) is 30.4. The van der Waals surface area contributed by atoms with Crippen molar-refractivity contribution in [2.45, 2.75) is 50.4 Å². The van der Waals surface area contributed by atoms with Crippen molar-refractivity contribution in [2.24, 2.45) is 0 Å². The van der Waals surface area contributed by atoms with Crippen LogP contribution in [0.5, 0.6) is 11.5 Å². The summed E-state index contributed by atoms with van der Waals surface area (Å²) < 4.78 is 17.1. The van der Waals surface area contributed by atoms with E-state index >= 15 is 0 Å². The fourth-order valence-corrected chi connectivity index (χ4v) is 3.46. The van der Waals surface area contributed by atoms with Gasteiger partial charge in [-0.3, -0.25) is 0 Å². The zero-order chi connectivity index (χ0) is 14.9. The van der Waals surface area contributed by atoms with E-state index in [0.29, 0.717) is 12.1 Å². The Balaban J connectivity index is 1.85. The van der Waals surface area contributed by atoms with Gasteiger partial charge in [0.25, 0.3) is 0 Å². The second kappa shape index (κ2) is 5.85. The van der Waals surface area contributed by atoms with E-state index in [1.807, 2.05) is 12.1 Å². The van der Waals surface area contributed by atoms with E-state index in [4.69, 9.17) is 14.2 Å². The van der Waals surface area contributed by atoms with Gasteiger partial charge < -0.3 is 19.5 Å². The molecule has 1 aromatic rings. The van der Waals surface area contributed by atoms with E-state index in [-0.39, 0.29) is 5.60 Å². The van der Waals surface area contributed by atoms with Crippen LogP contribution in [0.4, 0.5) is 0 Å². The van der Waals surface area contributed by atoms with E-state index in [0.717, 1.165) is 43.7 Å². The Hall–Kier alpha value is -1.26. The number of rotatable bonds is 5. The molecule has 1 saturated carbocycles. The fraction of sp³-hybridized carbons (Fsp3) is 0.647. The van der Waals surface area contributed by atoms with Gasteiger partial charge in [0.05, 0.1) is 13.2 Å². The third-order valence-electron chi connectivity index (χ3n) is 4.67. The highest BCUT2D eigenvalue weighted by Gasteiger charge is 2.51. The lowest BCUT2D eigenvalue weighted by atomic mass is 9.71. The maximum Gasteiger partial charge on any atom is 0.125 e. The van der Waals surface area contributed by atoms with Crippen LogP contribution in [0.2, 0.25) is 0 Å².